The molecule has 6 heteroatoms. The highest BCUT2D eigenvalue weighted by molar-refractivity contribution is 7.99. The molecular weight excluding hydrogens is 273 g/mol. The maximum absolute atomic E-state index is 13.8. The molecule has 0 saturated carbocycles. The number of halogens is 3. The minimum absolute atomic E-state index is 0.147. The Morgan fingerprint density at radius 2 is 1.84 bits per heavy atom. The number of nitrogens with two attached hydrogens (primary N) is 1. The van der Waals surface area contributed by atoms with Gasteiger partial charge in [-0.1, -0.05) is 0 Å². The van der Waals surface area contributed by atoms with Crippen LogP contribution in [0.5, 0.6) is 0 Å². The van der Waals surface area contributed by atoms with Gasteiger partial charge >= 0.3 is 0 Å². The van der Waals surface area contributed by atoms with E-state index in [0.717, 1.165) is 37.1 Å². The van der Waals surface area contributed by atoms with E-state index in [9.17, 15) is 13.2 Å². The van der Waals surface area contributed by atoms with Crippen molar-refractivity contribution < 1.29 is 13.2 Å². The minimum Gasteiger partial charge on any atom is -0.329 e. The molecule has 19 heavy (non-hydrogen) atoms. The van der Waals surface area contributed by atoms with Gasteiger partial charge in [-0.15, -0.1) is 0 Å². The van der Waals surface area contributed by atoms with Crippen LogP contribution in [0.15, 0.2) is 12.1 Å². The van der Waals surface area contributed by atoms with Crippen LogP contribution in [0, 0.1) is 17.5 Å². The molecule has 0 spiro atoms. The third-order valence-electron chi connectivity index (χ3n) is 3.32. The van der Waals surface area contributed by atoms with Crippen LogP contribution in [-0.2, 0) is 0 Å². The normalized spacial score (nSPS) is 19.2. The van der Waals surface area contributed by atoms with Crippen LogP contribution in [0.25, 0.3) is 0 Å². The zero-order valence-electron chi connectivity index (χ0n) is 10.5. The lowest BCUT2D eigenvalue weighted by Crippen LogP contribution is -2.36. The second-order valence-electron chi connectivity index (χ2n) is 4.54. The molecule has 0 aromatic heterocycles. The summed E-state index contributed by atoms with van der Waals surface area (Å²) in [5.41, 5.74) is 5.86. The van der Waals surface area contributed by atoms with E-state index in [2.05, 4.69) is 4.90 Å². The zero-order valence-corrected chi connectivity index (χ0v) is 11.4. The lowest BCUT2D eigenvalue weighted by molar-refractivity contribution is 0.213. The molecule has 1 saturated heterocycles. The van der Waals surface area contributed by atoms with E-state index in [1.54, 1.807) is 0 Å². The molecule has 1 atom stereocenters. The van der Waals surface area contributed by atoms with Gasteiger partial charge in [-0.05, 0) is 24.8 Å². The van der Waals surface area contributed by atoms with E-state index in [1.165, 1.54) is 0 Å². The van der Waals surface area contributed by atoms with Gasteiger partial charge in [-0.25, -0.2) is 13.2 Å². The fraction of sp³-hybridized carbons (Fsp3) is 0.538. The average molecular weight is 290 g/mol. The molecule has 2 rings (SSSR count). The Bertz CT molecular complexity index is 434. The van der Waals surface area contributed by atoms with E-state index >= 15 is 0 Å². The predicted molar refractivity (Wildman–Crippen MR) is 71.6 cm³/mol. The Labute approximate surface area is 115 Å². The number of thioether (sulfide) groups is 1. The van der Waals surface area contributed by atoms with E-state index in [-0.39, 0.29) is 12.1 Å². The van der Waals surface area contributed by atoms with Gasteiger partial charge in [0.25, 0.3) is 0 Å². The predicted octanol–water partition coefficient (Wildman–Crippen LogP) is 2.54. The minimum atomic E-state index is -1.16. The van der Waals surface area contributed by atoms with Crippen LogP contribution in [0.2, 0.25) is 0 Å². The second-order valence-corrected chi connectivity index (χ2v) is 5.77. The summed E-state index contributed by atoms with van der Waals surface area (Å²) in [6.45, 7) is 1.77. The summed E-state index contributed by atoms with van der Waals surface area (Å²) in [4.78, 5) is 2.05. The van der Waals surface area contributed by atoms with Gasteiger partial charge in [0.1, 0.15) is 5.82 Å². The Morgan fingerprint density at radius 3 is 2.58 bits per heavy atom. The molecule has 0 bridgehead atoms. The standard InChI is InChI=1S/C13H17F3N2S/c14-10-7-12(16)11(15)6-9(10)13(8-17)18-2-1-4-19-5-3-18/h6-7,13H,1-5,8,17H2. The fourth-order valence-corrected chi connectivity index (χ4v) is 3.24. The van der Waals surface area contributed by atoms with Crippen LogP contribution < -0.4 is 5.73 Å². The summed E-state index contributed by atoms with van der Waals surface area (Å²) < 4.78 is 40.1. The smallest absolute Gasteiger partial charge is 0.161 e. The van der Waals surface area contributed by atoms with E-state index < -0.39 is 23.5 Å². The number of hydrogen-bond acceptors (Lipinski definition) is 3. The molecule has 1 unspecified atom stereocenters. The molecule has 1 heterocycles. The van der Waals surface area contributed by atoms with Gasteiger partial charge in [0.15, 0.2) is 11.6 Å². The molecule has 1 aliphatic heterocycles. The van der Waals surface area contributed by atoms with Gasteiger partial charge in [0.05, 0.1) is 6.04 Å². The third kappa shape index (κ3) is 3.43. The van der Waals surface area contributed by atoms with E-state index in [4.69, 9.17) is 5.73 Å². The number of rotatable bonds is 3. The van der Waals surface area contributed by atoms with Gasteiger partial charge < -0.3 is 5.73 Å². The van der Waals surface area contributed by atoms with E-state index in [0.29, 0.717) is 6.07 Å². The Morgan fingerprint density at radius 1 is 1.11 bits per heavy atom. The van der Waals surface area contributed by atoms with Crippen LogP contribution in [0.1, 0.15) is 18.0 Å². The van der Waals surface area contributed by atoms with Gasteiger partial charge in [0.2, 0.25) is 0 Å². The molecule has 2 nitrogen and oxygen atoms in total. The van der Waals surface area contributed by atoms with Gasteiger partial charge in [0, 0.05) is 30.5 Å². The monoisotopic (exact) mass is 290 g/mol. The Balaban J connectivity index is 2.27. The van der Waals surface area contributed by atoms with Crippen molar-refractivity contribution in [2.75, 3.05) is 31.1 Å². The summed E-state index contributed by atoms with van der Waals surface area (Å²) in [6, 6.07) is 1.13. The molecule has 106 valence electrons. The van der Waals surface area contributed by atoms with Crippen molar-refractivity contribution in [1.82, 2.24) is 4.90 Å². The molecule has 1 aliphatic rings. The number of nitrogens with zero attached hydrogens (tertiary/aromatic N) is 1. The van der Waals surface area contributed by atoms with Crippen molar-refractivity contribution >= 4 is 11.8 Å². The lowest BCUT2D eigenvalue weighted by atomic mass is 10.0. The maximum Gasteiger partial charge on any atom is 0.161 e. The lowest BCUT2D eigenvalue weighted by Gasteiger charge is -2.30. The summed E-state index contributed by atoms with van der Waals surface area (Å²) in [7, 11) is 0. The van der Waals surface area contributed by atoms with Crippen LogP contribution in [0.4, 0.5) is 13.2 Å². The molecule has 0 radical (unpaired) electrons. The fourth-order valence-electron chi connectivity index (χ4n) is 2.34. The maximum atomic E-state index is 13.8. The zero-order chi connectivity index (χ0) is 13.8. The molecule has 2 N–H and O–H groups in total. The average Bonchev–Trinajstić information content (AvgIpc) is 2.65. The SMILES string of the molecule is NCC(c1cc(F)c(F)cc1F)N1CCCSCC1. The third-order valence-corrected chi connectivity index (χ3v) is 4.37. The van der Waals surface area contributed by atoms with Crippen molar-refractivity contribution in [2.24, 2.45) is 5.73 Å². The second kappa shape index (κ2) is 6.63. The first-order valence-corrected chi connectivity index (χ1v) is 7.45. The summed E-state index contributed by atoms with van der Waals surface area (Å²) >= 11 is 1.84. The highest BCUT2D eigenvalue weighted by Gasteiger charge is 2.24. The molecule has 0 aliphatic carbocycles. The first kappa shape index (κ1) is 14.7. The Kier molecular flexibility index (Phi) is 5.13. The molecule has 1 aromatic rings. The van der Waals surface area contributed by atoms with Crippen molar-refractivity contribution in [3.8, 4) is 0 Å². The summed E-state index contributed by atoms with van der Waals surface area (Å²) in [6.07, 6.45) is 0.993. The van der Waals surface area contributed by atoms with Gasteiger partial charge in [-0.3, -0.25) is 4.90 Å². The molecule has 1 aromatic carbocycles. The molecule has 0 amide bonds. The van der Waals surface area contributed by atoms with Crippen LogP contribution in [-0.4, -0.2) is 36.0 Å². The van der Waals surface area contributed by atoms with Crippen LogP contribution in [0.3, 0.4) is 0 Å². The summed E-state index contributed by atoms with van der Waals surface area (Å²) in [5.74, 6) is -0.913. The van der Waals surface area contributed by atoms with Crippen molar-refractivity contribution in [2.45, 2.75) is 12.5 Å². The largest absolute Gasteiger partial charge is 0.329 e. The Hall–Kier alpha value is -0.720. The van der Waals surface area contributed by atoms with Crippen molar-refractivity contribution in [3.05, 3.63) is 35.1 Å². The quantitative estimate of drug-likeness (QED) is 0.868. The molecule has 1 fully saturated rings. The summed E-state index contributed by atoms with van der Waals surface area (Å²) in [5, 5.41) is 0. The number of benzene rings is 1. The van der Waals surface area contributed by atoms with Crippen LogP contribution >= 0.6 is 11.8 Å². The highest BCUT2D eigenvalue weighted by atomic mass is 32.2. The highest BCUT2D eigenvalue weighted by Crippen LogP contribution is 2.26. The van der Waals surface area contributed by atoms with E-state index in [1.807, 2.05) is 11.8 Å². The molecular formula is C13H17F3N2S. The first-order chi connectivity index (χ1) is 9.13. The van der Waals surface area contributed by atoms with Crippen molar-refractivity contribution in [3.63, 3.8) is 0 Å². The topological polar surface area (TPSA) is 29.3 Å². The first-order valence-electron chi connectivity index (χ1n) is 6.29. The van der Waals surface area contributed by atoms with Gasteiger partial charge in [-0.2, -0.15) is 11.8 Å². The van der Waals surface area contributed by atoms with Crippen molar-refractivity contribution in [1.29, 1.82) is 0 Å². The number of hydrogen-bond donors (Lipinski definition) is 1.